The second-order valence-electron chi connectivity index (χ2n) is 8.59. The predicted molar refractivity (Wildman–Crippen MR) is 121 cm³/mol. The number of thioether (sulfide) groups is 1. The van der Waals surface area contributed by atoms with Crippen LogP contribution in [0.25, 0.3) is 0 Å². The van der Waals surface area contributed by atoms with Crippen molar-refractivity contribution in [1.29, 1.82) is 0 Å². The summed E-state index contributed by atoms with van der Waals surface area (Å²) in [4.78, 5) is 41.5. The fraction of sp³-hybridized carbons (Fsp3) is 0.857. The van der Waals surface area contributed by atoms with E-state index in [0.717, 1.165) is 32.1 Å². The van der Waals surface area contributed by atoms with E-state index in [2.05, 4.69) is 33.5 Å². The summed E-state index contributed by atoms with van der Waals surface area (Å²) < 4.78 is -0.557. The molecule has 3 fully saturated rings. The highest BCUT2D eigenvalue weighted by Crippen LogP contribution is 2.67. The van der Waals surface area contributed by atoms with Crippen molar-refractivity contribution in [1.82, 2.24) is 15.5 Å². The van der Waals surface area contributed by atoms with E-state index in [1.807, 2.05) is 0 Å². The zero-order valence-corrected chi connectivity index (χ0v) is 20.3. The molecule has 0 aromatic heterocycles. The van der Waals surface area contributed by atoms with Crippen molar-refractivity contribution < 1.29 is 19.5 Å². The van der Waals surface area contributed by atoms with E-state index in [1.165, 1.54) is 0 Å². The van der Waals surface area contributed by atoms with Gasteiger partial charge >= 0.3 is 0 Å². The predicted octanol–water partition coefficient (Wildman–Crippen LogP) is 1.67. The molecule has 0 radical (unpaired) electrons. The largest absolute Gasteiger partial charge is 0.396 e. The first kappa shape index (κ1) is 23.9. The minimum absolute atomic E-state index is 0.00540. The first-order valence-electron chi connectivity index (χ1n) is 11.2. The number of aliphatic hydroxyl groups is 1. The maximum atomic E-state index is 13.6. The van der Waals surface area contributed by atoms with Gasteiger partial charge in [0.1, 0.15) is 6.04 Å². The number of carbonyl (C=O) groups excluding carboxylic acids is 3. The molecule has 0 saturated carbocycles. The first-order valence-corrected chi connectivity index (χ1v) is 12.9. The molecule has 0 aliphatic carbocycles. The van der Waals surface area contributed by atoms with E-state index >= 15 is 0 Å². The lowest BCUT2D eigenvalue weighted by molar-refractivity contribution is -0.139. The van der Waals surface area contributed by atoms with Crippen molar-refractivity contribution in [3.05, 3.63) is 0 Å². The van der Waals surface area contributed by atoms with Gasteiger partial charge in [0.05, 0.1) is 16.6 Å². The van der Waals surface area contributed by atoms with Crippen LogP contribution in [0.5, 0.6) is 0 Å². The summed E-state index contributed by atoms with van der Waals surface area (Å²) in [7, 11) is 1.61. The second kappa shape index (κ2) is 10.2. The summed E-state index contributed by atoms with van der Waals surface area (Å²) in [5.41, 5.74) is 0. The molecule has 1 spiro atoms. The molecule has 3 heterocycles. The van der Waals surface area contributed by atoms with Crippen LogP contribution >= 0.6 is 27.7 Å². The fourth-order valence-electron chi connectivity index (χ4n) is 5.39. The number of halogens is 1. The minimum Gasteiger partial charge on any atom is -0.396 e. The SMILES string of the molecule is CCCCCNC(=O)C1N(CCCCCO)C(=O)[C@@H]2[C@H](C(=O)NC)[C@H]3SC12CC3Br. The molecule has 2 bridgehead atoms. The van der Waals surface area contributed by atoms with Gasteiger partial charge < -0.3 is 20.6 Å². The van der Waals surface area contributed by atoms with Crippen LogP contribution in [0.3, 0.4) is 0 Å². The van der Waals surface area contributed by atoms with Gasteiger partial charge in [-0.2, -0.15) is 0 Å². The molecule has 3 aliphatic rings. The van der Waals surface area contributed by atoms with Crippen LogP contribution in [-0.2, 0) is 14.4 Å². The smallest absolute Gasteiger partial charge is 0.244 e. The molecule has 3 N–H and O–H groups in total. The third-order valence-electron chi connectivity index (χ3n) is 6.72. The third-order valence-corrected chi connectivity index (χ3v) is 9.94. The Hall–Kier alpha value is -0.800. The van der Waals surface area contributed by atoms with E-state index in [4.69, 9.17) is 5.11 Å². The van der Waals surface area contributed by atoms with Gasteiger partial charge in [0, 0.05) is 36.8 Å². The average molecular weight is 504 g/mol. The molecule has 3 aliphatic heterocycles. The number of alkyl halides is 1. The molecule has 30 heavy (non-hydrogen) atoms. The number of hydrogen-bond acceptors (Lipinski definition) is 5. The van der Waals surface area contributed by atoms with E-state index in [1.54, 1.807) is 23.7 Å². The summed E-state index contributed by atoms with van der Waals surface area (Å²) in [6.07, 6.45) is 6.01. The molecule has 7 nitrogen and oxygen atoms in total. The topological polar surface area (TPSA) is 98.7 Å². The van der Waals surface area contributed by atoms with Crippen molar-refractivity contribution in [3.63, 3.8) is 0 Å². The average Bonchev–Trinajstić information content (AvgIpc) is 3.31. The number of unbranched alkanes of at least 4 members (excludes halogenated alkanes) is 4. The first-order chi connectivity index (χ1) is 14.4. The maximum Gasteiger partial charge on any atom is 0.244 e. The fourth-order valence-corrected chi connectivity index (χ4v) is 9.00. The Morgan fingerprint density at radius 2 is 2.00 bits per heavy atom. The van der Waals surface area contributed by atoms with Gasteiger partial charge in [-0.25, -0.2) is 0 Å². The quantitative estimate of drug-likeness (QED) is 0.294. The van der Waals surface area contributed by atoms with Gasteiger partial charge in [-0.05, 0) is 32.1 Å². The van der Waals surface area contributed by atoms with Gasteiger partial charge in [0.2, 0.25) is 17.7 Å². The number of amides is 3. The van der Waals surface area contributed by atoms with Crippen molar-refractivity contribution in [2.75, 3.05) is 26.7 Å². The summed E-state index contributed by atoms with van der Waals surface area (Å²) >= 11 is 5.41. The summed E-state index contributed by atoms with van der Waals surface area (Å²) in [6.45, 7) is 3.35. The van der Waals surface area contributed by atoms with Crippen molar-refractivity contribution in [3.8, 4) is 0 Å². The zero-order valence-electron chi connectivity index (χ0n) is 17.9. The minimum atomic E-state index is -0.557. The van der Waals surface area contributed by atoms with Crippen LogP contribution < -0.4 is 10.6 Å². The number of hydrogen-bond donors (Lipinski definition) is 3. The Morgan fingerprint density at radius 3 is 2.67 bits per heavy atom. The van der Waals surface area contributed by atoms with Crippen LogP contribution in [0.4, 0.5) is 0 Å². The lowest BCUT2D eigenvalue weighted by Gasteiger charge is -2.35. The van der Waals surface area contributed by atoms with Gasteiger partial charge in [-0.3, -0.25) is 14.4 Å². The van der Waals surface area contributed by atoms with Crippen molar-refractivity contribution in [2.24, 2.45) is 11.8 Å². The number of nitrogens with zero attached hydrogens (tertiary/aromatic N) is 1. The van der Waals surface area contributed by atoms with Crippen LogP contribution in [0, 0.1) is 11.8 Å². The number of likely N-dealkylation sites (tertiary alicyclic amines) is 1. The number of nitrogens with one attached hydrogen (secondary N) is 2. The molecule has 3 rings (SSSR count). The molecule has 6 atom stereocenters. The van der Waals surface area contributed by atoms with Crippen LogP contribution in [-0.4, -0.2) is 75.3 Å². The Bertz CT molecular complexity index is 666. The molecule has 0 aromatic carbocycles. The Kier molecular flexibility index (Phi) is 8.12. The molecule has 170 valence electrons. The number of rotatable bonds is 11. The summed E-state index contributed by atoms with van der Waals surface area (Å²) in [5.74, 6) is -1.12. The molecule has 0 aromatic rings. The normalized spacial score (nSPS) is 34.3. The Morgan fingerprint density at radius 1 is 1.23 bits per heavy atom. The third kappa shape index (κ3) is 4.13. The molecular weight excluding hydrogens is 470 g/mol. The molecular formula is C21H34BrN3O4S. The van der Waals surface area contributed by atoms with Gasteiger partial charge in [-0.15, -0.1) is 11.8 Å². The molecule has 3 unspecified atom stereocenters. The van der Waals surface area contributed by atoms with E-state index in [9.17, 15) is 14.4 Å². The highest BCUT2D eigenvalue weighted by molar-refractivity contribution is 9.09. The van der Waals surface area contributed by atoms with Gasteiger partial charge in [0.15, 0.2) is 0 Å². The van der Waals surface area contributed by atoms with E-state index < -0.39 is 22.6 Å². The lowest BCUT2D eigenvalue weighted by atomic mass is 9.70. The van der Waals surface area contributed by atoms with E-state index in [-0.39, 0.29) is 34.4 Å². The lowest BCUT2D eigenvalue weighted by Crippen LogP contribution is -2.54. The molecule has 3 amide bonds. The number of aliphatic hydroxyl groups excluding tert-OH is 1. The summed E-state index contributed by atoms with van der Waals surface area (Å²) in [6, 6.07) is -0.546. The van der Waals surface area contributed by atoms with Crippen LogP contribution in [0.2, 0.25) is 0 Å². The maximum absolute atomic E-state index is 13.6. The monoisotopic (exact) mass is 503 g/mol. The number of fused-ring (bicyclic) bond motifs is 1. The summed E-state index contributed by atoms with van der Waals surface area (Å²) in [5, 5.41) is 14.9. The molecule has 3 saturated heterocycles. The highest BCUT2D eigenvalue weighted by Gasteiger charge is 2.75. The zero-order chi connectivity index (χ0) is 21.9. The standard InChI is InChI=1S/C21H34BrN3O4S/c1-3-4-6-9-24-19(28)17-21-12-13(22)16(30-21)14(18(27)23-2)15(21)20(29)25(17)10-7-5-8-11-26/h13-17,26H,3-12H2,1-2H3,(H,23,27)(H,24,28)/t13?,14-,15-,16-,17?,21?/m0/s1. The Labute approximate surface area is 191 Å². The van der Waals surface area contributed by atoms with Crippen LogP contribution in [0.1, 0.15) is 51.9 Å². The van der Waals surface area contributed by atoms with Gasteiger partial charge in [-0.1, -0.05) is 35.7 Å². The second-order valence-corrected chi connectivity index (χ2v) is 11.3. The van der Waals surface area contributed by atoms with E-state index in [0.29, 0.717) is 25.9 Å². The number of carbonyl (C=O) groups is 3. The highest BCUT2D eigenvalue weighted by atomic mass is 79.9. The van der Waals surface area contributed by atoms with Crippen molar-refractivity contribution >= 4 is 45.4 Å². The van der Waals surface area contributed by atoms with Crippen LogP contribution in [0.15, 0.2) is 0 Å². The van der Waals surface area contributed by atoms with Gasteiger partial charge in [0.25, 0.3) is 0 Å². The van der Waals surface area contributed by atoms with Crippen molar-refractivity contribution in [2.45, 2.75) is 72.7 Å². The Balaban J connectivity index is 1.86. The molecule has 9 heteroatoms.